The summed E-state index contributed by atoms with van der Waals surface area (Å²) >= 11 is 0. The van der Waals surface area contributed by atoms with E-state index in [2.05, 4.69) is 20.5 Å². The average molecular weight is 415 g/mol. The molecule has 0 aliphatic carbocycles. The fourth-order valence-corrected chi connectivity index (χ4v) is 3.48. The molecule has 2 aromatic carbocycles. The Morgan fingerprint density at radius 1 is 1.06 bits per heavy atom. The molecule has 0 saturated heterocycles. The third kappa shape index (κ3) is 4.73. The molecular weight excluding hydrogens is 390 g/mol. The maximum Gasteiger partial charge on any atom is 0.149 e. The van der Waals surface area contributed by atoms with Gasteiger partial charge in [-0.1, -0.05) is 36.4 Å². The molecule has 0 aliphatic heterocycles. The molecule has 0 saturated carbocycles. The number of aliphatic hydroxyl groups excluding tert-OH is 1. The van der Waals surface area contributed by atoms with Gasteiger partial charge in [-0.05, 0) is 43.2 Å². The van der Waals surface area contributed by atoms with E-state index >= 15 is 0 Å². The molecule has 0 radical (unpaired) electrons. The second-order valence-electron chi connectivity index (χ2n) is 7.23. The Balaban J connectivity index is 1.55. The van der Waals surface area contributed by atoms with E-state index < -0.39 is 0 Å². The van der Waals surface area contributed by atoms with Crippen LogP contribution in [0.25, 0.3) is 16.9 Å². The summed E-state index contributed by atoms with van der Waals surface area (Å²) in [5, 5.41) is 21.5. The average Bonchev–Trinajstić information content (AvgIpc) is 3.25. The zero-order chi connectivity index (χ0) is 21.6. The van der Waals surface area contributed by atoms with E-state index in [1.807, 2.05) is 78.4 Å². The second kappa shape index (κ2) is 9.40. The number of hydrogen-bond acceptors (Lipinski definition) is 6. The number of aryl methyl sites for hydroxylation is 1. The number of rotatable bonds is 8. The van der Waals surface area contributed by atoms with Gasteiger partial charge in [-0.15, -0.1) is 10.2 Å². The van der Waals surface area contributed by atoms with Crippen molar-refractivity contribution in [2.75, 3.05) is 19.0 Å². The van der Waals surface area contributed by atoms with Crippen LogP contribution in [0.15, 0.2) is 73.2 Å². The molecular formula is C24H25N5O2. The molecule has 31 heavy (non-hydrogen) atoms. The molecule has 0 fully saturated rings. The summed E-state index contributed by atoms with van der Waals surface area (Å²) in [6.45, 7) is 2.03. The van der Waals surface area contributed by atoms with E-state index in [0.29, 0.717) is 12.2 Å². The highest BCUT2D eigenvalue weighted by atomic mass is 16.5. The van der Waals surface area contributed by atoms with Gasteiger partial charge in [-0.3, -0.25) is 0 Å². The quantitative estimate of drug-likeness (QED) is 0.449. The van der Waals surface area contributed by atoms with Crippen molar-refractivity contribution in [1.82, 2.24) is 19.7 Å². The minimum atomic E-state index is -0.0376. The van der Waals surface area contributed by atoms with Gasteiger partial charge in [-0.2, -0.15) is 0 Å². The molecule has 7 nitrogen and oxygen atoms in total. The SMILES string of the molecule is COc1cc(-c2ccc(N[C@@H](CCO)c3ccccc3)nn2)ccc1-n1cnc(C)c1. The van der Waals surface area contributed by atoms with Crippen molar-refractivity contribution < 1.29 is 9.84 Å². The van der Waals surface area contributed by atoms with Crippen molar-refractivity contribution in [1.29, 1.82) is 0 Å². The maximum absolute atomic E-state index is 9.43. The lowest BCUT2D eigenvalue weighted by atomic mass is 10.0. The van der Waals surface area contributed by atoms with Gasteiger partial charge in [0.05, 0.1) is 36.6 Å². The number of nitrogens with one attached hydrogen (secondary N) is 1. The normalized spacial score (nSPS) is 11.8. The summed E-state index contributed by atoms with van der Waals surface area (Å²) in [4.78, 5) is 4.28. The van der Waals surface area contributed by atoms with Crippen LogP contribution >= 0.6 is 0 Å². The number of imidazole rings is 1. The van der Waals surface area contributed by atoms with Gasteiger partial charge in [0.25, 0.3) is 0 Å². The van der Waals surface area contributed by atoms with Crippen molar-refractivity contribution in [3.05, 3.63) is 84.4 Å². The Labute approximate surface area is 181 Å². The smallest absolute Gasteiger partial charge is 0.149 e. The molecule has 2 heterocycles. The van der Waals surface area contributed by atoms with Crippen LogP contribution < -0.4 is 10.1 Å². The minimum Gasteiger partial charge on any atom is -0.495 e. The van der Waals surface area contributed by atoms with Crippen LogP contribution in [0, 0.1) is 6.92 Å². The molecule has 0 bridgehead atoms. The maximum atomic E-state index is 9.43. The number of anilines is 1. The Morgan fingerprint density at radius 2 is 1.90 bits per heavy atom. The zero-order valence-corrected chi connectivity index (χ0v) is 17.6. The van der Waals surface area contributed by atoms with E-state index in [-0.39, 0.29) is 12.6 Å². The highest BCUT2D eigenvalue weighted by Gasteiger charge is 2.13. The number of aliphatic hydroxyl groups is 1. The first kappa shape index (κ1) is 20.6. The summed E-state index contributed by atoms with van der Waals surface area (Å²) in [6.07, 6.45) is 4.30. The van der Waals surface area contributed by atoms with Crippen molar-refractivity contribution >= 4 is 5.82 Å². The van der Waals surface area contributed by atoms with Gasteiger partial charge in [0, 0.05) is 18.4 Å². The predicted octanol–water partition coefficient (Wildman–Crippen LogP) is 4.18. The first-order chi connectivity index (χ1) is 15.2. The number of hydrogen-bond donors (Lipinski definition) is 2. The summed E-state index contributed by atoms with van der Waals surface area (Å²) in [6, 6.07) is 19.7. The van der Waals surface area contributed by atoms with E-state index in [1.165, 1.54) is 0 Å². The third-order valence-corrected chi connectivity index (χ3v) is 5.07. The first-order valence-corrected chi connectivity index (χ1v) is 10.1. The van der Waals surface area contributed by atoms with Gasteiger partial charge in [0.2, 0.25) is 0 Å². The summed E-state index contributed by atoms with van der Waals surface area (Å²) < 4.78 is 7.52. The molecule has 1 atom stereocenters. The summed E-state index contributed by atoms with van der Waals surface area (Å²) in [5.74, 6) is 1.38. The van der Waals surface area contributed by atoms with Gasteiger partial charge in [0.15, 0.2) is 0 Å². The van der Waals surface area contributed by atoms with Crippen molar-refractivity contribution in [3.63, 3.8) is 0 Å². The van der Waals surface area contributed by atoms with Crippen LogP contribution in [0.2, 0.25) is 0 Å². The summed E-state index contributed by atoms with van der Waals surface area (Å²) in [7, 11) is 1.65. The lowest BCUT2D eigenvalue weighted by Crippen LogP contribution is -2.13. The zero-order valence-electron chi connectivity index (χ0n) is 17.6. The summed E-state index contributed by atoms with van der Waals surface area (Å²) in [5.41, 5.74) is 4.60. The monoisotopic (exact) mass is 415 g/mol. The van der Waals surface area contributed by atoms with Crippen LogP contribution in [0.3, 0.4) is 0 Å². The van der Waals surface area contributed by atoms with Gasteiger partial charge in [0.1, 0.15) is 11.6 Å². The Morgan fingerprint density at radius 3 is 2.55 bits per heavy atom. The molecule has 0 aliphatic rings. The van der Waals surface area contributed by atoms with Crippen LogP contribution in [0.4, 0.5) is 5.82 Å². The number of aromatic nitrogens is 4. The molecule has 0 spiro atoms. The highest BCUT2D eigenvalue weighted by molar-refractivity contribution is 5.65. The van der Waals surface area contributed by atoms with Crippen LogP contribution in [0.5, 0.6) is 5.75 Å². The lowest BCUT2D eigenvalue weighted by molar-refractivity contribution is 0.280. The molecule has 0 amide bonds. The standard InChI is InChI=1S/C24H25N5O2/c1-17-15-29(16-25-17)22-10-8-19(14-23(22)31-2)21-9-11-24(28-27-21)26-20(12-13-30)18-6-4-3-5-7-18/h3-11,14-16,20,30H,12-13H2,1-2H3,(H,26,28)/t20-/m0/s1. The van der Waals surface area contributed by atoms with E-state index in [9.17, 15) is 5.11 Å². The van der Waals surface area contributed by atoms with Crippen LogP contribution in [0.1, 0.15) is 23.7 Å². The van der Waals surface area contributed by atoms with Gasteiger partial charge in [-0.25, -0.2) is 4.98 Å². The number of ether oxygens (including phenoxy) is 1. The molecule has 4 rings (SSSR count). The molecule has 158 valence electrons. The van der Waals surface area contributed by atoms with Crippen molar-refractivity contribution in [2.45, 2.75) is 19.4 Å². The Bertz CT molecular complexity index is 1130. The Hall–Kier alpha value is -3.71. The van der Waals surface area contributed by atoms with E-state index in [1.54, 1.807) is 13.4 Å². The second-order valence-corrected chi connectivity index (χ2v) is 7.23. The lowest BCUT2D eigenvalue weighted by Gasteiger charge is -2.18. The van der Waals surface area contributed by atoms with Gasteiger partial charge >= 0.3 is 0 Å². The van der Waals surface area contributed by atoms with Crippen LogP contribution in [-0.4, -0.2) is 38.6 Å². The topological polar surface area (TPSA) is 85.1 Å². The predicted molar refractivity (Wildman–Crippen MR) is 120 cm³/mol. The highest BCUT2D eigenvalue weighted by Crippen LogP contribution is 2.29. The molecule has 4 aromatic rings. The fourth-order valence-electron chi connectivity index (χ4n) is 3.48. The van der Waals surface area contributed by atoms with E-state index in [0.717, 1.165) is 34.0 Å². The fraction of sp³-hybridized carbons (Fsp3) is 0.208. The molecule has 2 N–H and O–H groups in total. The number of benzene rings is 2. The molecule has 7 heteroatoms. The third-order valence-electron chi connectivity index (χ3n) is 5.07. The molecule has 2 aromatic heterocycles. The van der Waals surface area contributed by atoms with Crippen molar-refractivity contribution in [3.8, 4) is 22.7 Å². The first-order valence-electron chi connectivity index (χ1n) is 10.1. The largest absolute Gasteiger partial charge is 0.495 e. The van der Waals surface area contributed by atoms with Gasteiger partial charge < -0.3 is 19.7 Å². The van der Waals surface area contributed by atoms with E-state index in [4.69, 9.17) is 4.74 Å². The number of nitrogens with zero attached hydrogens (tertiary/aromatic N) is 4. The molecule has 0 unspecified atom stereocenters. The minimum absolute atomic E-state index is 0.0376. The van der Waals surface area contributed by atoms with Crippen molar-refractivity contribution in [2.24, 2.45) is 0 Å². The number of methoxy groups -OCH3 is 1. The van der Waals surface area contributed by atoms with Crippen LogP contribution in [-0.2, 0) is 0 Å². The Kier molecular flexibility index (Phi) is 6.24.